The lowest BCUT2D eigenvalue weighted by Gasteiger charge is -2.03. The zero-order valence-corrected chi connectivity index (χ0v) is 10.6. The van der Waals surface area contributed by atoms with E-state index in [1.165, 1.54) is 4.88 Å². The van der Waals surface area contributed by atoms with Crippen LogP contribution in [0.25, 0.3) is 0 Å². The highest BCUT2D eigenvalue weighted by Crippen LogP contribution is 2.11. The molecule has 0 saturated heterocycles. The van der Waals surface area contributed by atoms with Crippen LogP contribution in [0, 0.1) is 6.92 Å². The number of aryl methyl sites for hydroxylation is 2. The van der Waals surface area contributed by atoms with Crippen LogP contribution in [0.2, 0.25) is 0 Å². The number of hydrogen-bond acceptors (Lipinski definition) is 4. The van der Waals surface area contributed by atoms with E-state index in [9.17, 15) is 4.79 Å². The van der Waals surface area contributed by atoms with Crippen LogP contribution in [-0.2, 0) is 18.3 Å². The summed E-state index contributed by atoms with van der Waals surface area (Å²) in [4.78, 5) is 12.9. The van der Waals surface area contributed by atoms with Crippen LogP contribution in [-0.4, -0.2) is 20.7 Å². The quantitative estimate of drug-likeness (QED) is 0.899. The van der Waals surface area contributed by atoms with Crippen molar-refractivity contribution in [2.75, 3.05) is 5.32 Å². The summed E-state index contributed by atoms with van der Waals surface area (Å²) in [5, 5.41) is 12.5. The lowest BCUT2D eigenvalue weighted by atomic mass is 10.2. The van der Waals surface area contributed by atoms with Gasteiger partial charge in [-0.25, -0.2) is 0 Å². The predicted octanol–water partition coefficient (Wildman–Crippen LogP) is 1.76. The Bertz CT molecular complexity index is 504. The molecule has 1 amide bonds. The molecule has 1 N–H and O–H groups in total. The summed E-state index contributed by atoms with van der Waals surface area (Å²) in [6.45, 7) is 1.84. The predicted molar refractivity (Wildman–Crippen MR) is 67.0 cm³/mol. The van der Waals surface area contributed by atoms with E-state index in [1.807, 2.05) is 31.5 Å². The first-order valence-corrected chi connectivity index (χ1v) is 6.23. The van der Waals surface area contributed by atoms with Crippen LogP contribution in [0.5, 0.6) is 0 Å². The standard InChI is InChI=1S/C11H14N4OS/c1-8-13-14-11(15(8)2)12-10(16)6-5-9-4-3-7-17-9/h3-4,7H,5-6H2,1-2H3,(H,12,14,16). The lowest BCUT2D eigenvalue weighted by molar-refractivity contribution is -0.116. The molecule has 5 nitrogen and oxygen atoms in total. The highest BCUT2D eigenvalue weighted by atomic mass is 32.1. The van der Waals surface area contributed by atoms with Gasteiger partial charge in [-0.1, -0.05) is 6.07 Å². The van der Waals surface area contributed by atoms with Crippen LogP contribution in [0.3, 0.4) is 0 Å². The van der Waals surface area contributed by atoms with Gasteiger partial charge in [0.15, 0.2) is 0 Å². The van der Waals surface area contributed by atoms with Gasteiger partial charge >= 0.3 is 0 Å². The van der Waals surface area contributed by atoms with E-state index in [1.54, 1.807) is 15.9 Å². The Labute approximate surface area is 103 Å². The molecule has 0 aliphatic heterocycles. The molecule has 17 heavy (non-hydrogen) atoms. The molecule has 0 aromatic carbocycles. The van der Waals surface area contributed by atoms with E-state index in [4.69, 9.17) is 0 Å². The molecule has 0 unspecified atom stereocenters. The largest absolute Gasteiger partial charge is 0.300 e. The van der Waals surface area contributed by atoms with Gasteiger partial charge in [0.1, 0.15) is 5.82 Å². The summed E-state index contributed by atoms with van der Waals surface area (Å²) in [6, 6.07) is 4.02. The molecular formula is C11H14N4OS. The van der Waals surface area contributed by atoms with E-state index in [0.717, 1.165) is 12.2 Å². The molecule has 0 fully saturated rings. The van der Waals surface area contributed by atoms with Gasteiger partial charge in [-0.15, -0.1) is 21.5 Å². The highest BCUT2D eigenvalue weighted by molar-refractivity contribution is 7.09. The molecule has 2 rings (SSSR count). The molecule has 0 bridgehead atoms. The van der Waals surface area contributed by atoms with Gasteiger partial charge in [0.2, 0.25) is 11.9 Å². The summed E-state index contributed by atoms with van der Waals surface area (Å²) in [5.74, 6) is 1.24. The Morgan fingerprint density at radius 2 is 2.35 bits per heavy atom. The number of thiophene rings is 1. The normalized spacial score (nSPS) is 10.5. The number of amides is 1. The maximum atomic E-state index is 11.7. The maximum Gasteiger partial charge on any atom is 0.230 e. The van der Waals surface area contributed by atoms with Crippen molar-refractivity contribution >= 4 is 23.2 Å². The minimum Gasteiger partial charge on any atom is -0.300 e. The van der Waals surface area contributed by atoms with Gasteiger partial charge in [0.05, 0.1) is 0 Å². The Morgan fingerprint density at radius 1 is 1.53 bits per heavy atom. The first-order valence-electron chi connectivity index (χ1n) is 5.35. The first-order chi connectivity index (χ1) is 8.16. The molecule has 0 radical (unpaired) electrons. The molecule has 2 aromatic rings. The summed E-state index contributed by atoms with van der Waals surface area (Å²) in [7, 11) is 1.82. The van der Waals surface area contributed by atoms with E-state index in [0.29, 0.717) is 12.4 Å². The fourth-order valence-corrected chi connectivity index (χ4v) is 2.10. The minimum absolute atomic E-state index is 0.0334. The molecule has 90 valence electrons. The second-order valence-electron chi connectivity index (χ2n) is 3.76. The van der Waals surface area contributed by atoms with E-state index in [2.05, 4.69) is 15.5 Å². The topological polar surface area (TPSA) is 59.8 Å². The maximum absolute atomic E-state index is 11.7. The third-order valence-electron chi connectivity index (χ3n) is 2.52. The van der Waals surface area contributed by atoms with E-state index < -0.39 is 0 Å². The number of aromatic nitrogens is 3. The number of nitrogens with zero attached hydrogens (tertiary/aromatic N) is 3. The smallest absolute Gasteiger partial charge is 0.230 e. The zero-order valence-electron chi connectivity index (χ0n) is 9.80. The Kier molecular flexibility index (Phi) is 3.53. The molecule has 0 aliphatic carbocycles. The van der Waals surface area contributed by atoms with E-state index in [-0.39, 0.29) is 5.91 Å². The molecule has 0 aliphatic rings. The van der Waals surface area contributed by atoms with Gasteiger partial charge in [-0.2, -0.15) is 0 Å². The van der Waals surface area contributed by atoms with Crippen molar-refractivity contribution in [3.63, 3.8) is 0 Å². The van der Waals surface area contributed by atoms with E-state index >= 15 is 0 Å². The zero-order chi connectivity index (χ0) is 12.3. The summed E-state index contributed by atoms with van der Waals surface area (Å²) >= 11 is 1.67. The number of anilines is 1. The number of nitrogens with one attached hydrogen (secondary N) is 1. The Hall–Kier alpha value is -1.69. The van der Waals surface area contributed by atoms with Crippen LogP contribution in [0.1, 0.15) is 17.1 Å². The lowest BCUT2D eigenvalue weighted by Crippen LogP contribution is -2.15. The molecule has 6 heteroatoms. The molecule has 0 atom stereocenters. The minimum atomic E-state index is -0.0334. The Balaban J connectivity index is 1.87. The molecule has 2 heterocycles. The average molecular weight is 250 g/mol. The molecule has 0 spiro atoms. The van der Waals surface area contributed by atoms with Crippen LogP contribution < -0.4 is 5.32 Å². The van der Waals surface area contributed by atoms with Crippen molar-refractivity contribution in [2.24, 2.45) is 7.05 Å². The van der Waals surface area contributed by atoms with Gasteiger partial charge in [-0.05, 0) is 24.8 Å². The first kappa shape index (κ1) is 11.8. The van der Waals surface area contributed by atoms with Crippen molar-refractivity contribution in [1.29, 1.82) is 0 Å². The van der Waals surface area contributed by atoms with Crippen LogP contribution in [0.4, 0.5) is 5.95 Å². The third kappa shape index (κ3) is 2.91. The van der Waals surface area contributed by atoms with Gasteiger partial charge in [0.25, 0.3) is 0 Å². The molecular weight excluding hydrogens is 236 g/mol. The van der Waals surface area contributed by atoms with Crippen molar-refractivity contribution < 1.29 is 4.79 Å². The third-order valence-corrected chi connectivity index (χ3v) is 3.46. The van der Waals surface area contributed by atoms with Gasteiger partial charge in [0, 0.05) is 18.3 Å². The highest BCUT2D eigenvalue weighted by Gasteiger charge is 2.09. The summed E-state index contributed by atoms with van der Waals surface area (Å²) < 4.78 is 1.75. The second kappa shape index (κ2) is 5.09. The molecule has 2 aromatic heterocycles. The molecule has 0 saturated carbocycles. The monoisotopic (exact) mass is 250 g/mol. The van der Waals surface area contributed by atoms with Crippen molar-refractivity contribution in [3.05, 3.63) is 28.2 Å². The van der Waals surface area contributed by atoms with Crippen molar-refractivity contribution in [2.45, 2.75) is 19.8 Å². The SMILES string of the molecule is Cc1nnc(NC(=O)CCc2cccs2)n1C. The van der Waals surface area contributed by atoms with Crippen molar-refractivity contribution in [3.8, 4) is 0 Å². The average Bonchev–Trinajstić information content (AvgIpc) is 2.92. The van der Waals surface area contributed by atoms with Gasteiger partial charge in [-0.3, -0.25) is 10.1 Å². The number of hydrogen-bond donors (Lipinski definition) is 1. The fourth-order valence-electron chi connectivity index (χ4n) is 1.39. The number of rotatable bonds is 4. The van der Waals surface area contributed by atoms with Crippen molar-refractivity contribution in [1.82, 2.24) is 14.8 Å². The fraction of sp³-hybridized carbons (Fsp3) is 0.364. The van der Waals surface area contributed by atoms with Gasteiger partial charge < -0.3 is 4.57 Å². The number of carbonyl (C=O) groups excluding carboxylic acids is 1. The van der Waals surface area contributed by atoms with Crippen LogP contribution >= 0.6 is 11.3 Å². The summed E-state index contributed by atoms with van der Waals surface area (Å²) in [6.07, 6.45) is 1.23. The van der Waals surface area contributed by atoms with Crippen LogP contribution in [0.15, 0.2) is 17.5 Å². The second-order valence-corrected chi connectivity index (χ2v) is 4.79. The number of carbonyl (C=O) groups is 1. The summed E-state index contributed by atoms with van der Waals surface area (Å²) in [5.41, 5.74) is 0. The Morgan fingerprint density at radius 3 is 2.94 bits per heavy atom.